The molecule has 2 aromatic carbocycles. The van der Waals surface area contributed by atoms with Crippen molar-refractivity contribution in [3.63, 3.8) is 0 Å². The second-order valence-corrected chi connectivity index (χ2v) is 7.00. The number of rotatable bonds is 7. The number of nitrogens with zero attached hydrogens (tertiary/aromatic N) is 5. The number of fused-ring (bicyclic) bond motifs is 1. The highest BCUT2D eigenvalue weighted by molar-refractivity contribution is 6.15. The smallest absolute Gasteiger partial charge is 0.355 e. The Hall–Kier alpha value is -4.81. The summed E-state index contributed by atoms with van der Waals surface area (Å²) in [5.74, 6) is -0.443. The first-order chi connectivity index (χ1) is 16.4. The molecule has 174 valence electrons. The summed E-state index contributed by atoms with van der Waals surface area (Å²) in [7, 11) is 4.12. The van der Waals surface area contributed by atoms with Crippen molar-refractivity contribution in [1.29, 1.82) is 0 Å². The number of benzene rings is 2. The number of ether oxygens (including phenoxy) is 3. The predicted octanol–water partition coefficient (Wildman–Crippen LogP) is 1.92. The molecule has 3 aromatic rings. The molecule has 0 saturated heterocycles. The molecule has 1 aliphatic rings. The Bertz CT molecular complexity index is 1320. The van der Waals surface area contributed by atoms with Crippen LogP contribution < -0.4 is 14.8 Å². The first-order valence-electron chi connectivity index (χ1n) is 9.78. The summed E-state index contributed by atoms with van der Waals surface area (Å²) in [4.78, 5) is 36.8. The summed E-state index contributed by atoms with van der Waals surface area (Å²) in [6, 6.07) is 9.03. The number of esters is 1. The predicted molar refractivity (Wildman–Crippen MR) is 116 cm³/mol. The van der Waals surface area contributed by atoms with Gasteiger partial charge in [-0.3, -0.25) is 14.9 Å². The monoisotopic (exact) mass is 466 g/mol. The molecule has 1 aromatic heterocycles. The van der Waals surface area contributed by atoms with Crippen LogP contribution in [0, 0.1) is 10.1 Å². The number of allylic oxidation sites excluding steroid dienone is 1. The molecule has 2 heterocycles. The van der Waals surface area contributed by atoms with E-state index in [4.69, 9.17) is 14.2 Å². The number of methoxy groups -OCH3 is 3. The van der Waals surface area contributed by atoms with Gasteiger partial charge >= 0.3 is 5.97 Å². The van der Waals surface area contributed by atoms with Crippen LogP contribution in [-0.2, 0) is 9.53 Å². The maximum absolute atomic E-state index is 13.7. The Morgan fingerprint density at radius 2 is 1.76 bits per heavy atom. The van der Waals surface area contributed by atoms with Gasteiger partial charge in [0, 0.05) is 17.7 Å². The second kappa shape index (κ2) is 8.97. The van der Waals surface area contributed by atoms with E-state index in [1.807, 2.05) is 0 Å². The largest absolute Gasteiger partial charge is 0.493 e. The molecule has 0 bridgehead atoms. The molecule has 0 saturated carbocycles. The van der Waals surface area contributed by atoms with Crippen molar-refractivity contribution in [2.75, 3.05) is 26.6 Å². The summed E-state index contributed by atoms with van der Waals surface area (Å²) in [5, 5.41) is 25.3. The minimum Gasteiger partial charge on any atom is -0.493 e. The minimum absolute atomic E-state index is 0.0206. The Kier molecular flexibility index (Phi) is 5.91. The topological polar surface area (TPSA) is 161 Å². The fraction of sp³-hybridized carbons (Fsp3) is 0.190. The Morgan fingerprint density at radius 3 is 2.38 bits per heavy atom. The number of Topliss-reactive ketones (excluding diaryl/α,β-unsaturated/α-hetero) is 1. The van der Waals surface area contributed by atoms with Gasteiger partial charge in [0.1, 0.15) is 11.7 Å². The Morgan fingerprint density at radius 1 is 1.06 bits per heavy atom. The van der Waals surface area contributed by atoms with Crippen molar-refractivity contribution in [1.82, 2.24) is 20.2 Å². The van der Waals surface area contributed by atoms with Crippen LogP contribution in [0.5, 0.6) is 11.5 Å². The van der Waals surface area contributed by atoms with Crippen molar-refractivity contribution in [2.45, 2.75) is 6.04 Å². The lowest BCUT2D eigenvalue weighted by Crippen LogP contribution is -2.33. The third kappa shape index (κ3) is 3.79. The Labute approximate surface area is 192 Å². The van der Waals surface area contributed by atoms with E-state index >= 15 is 0 Å². The van der Waals surface area contributed by atoms with Gasteiger partial charge < -0.3 is 19.5 Å². The molecule has 4 rings (SSSR count). The van der Waals surface area contributed by atoms with Crippen molar-refractivity contribution >= 4 is 23.4 Å². The van der Waals surface area contributed by atoms with E-state index in [-0.39, 0.29) is 28.5 Å². The van der Waals surface area contributed by atoms with Gasteiger partial charge in [0.15, 0.2) is 17.3 Å². The number of anilines is 1. The van der Waals surface area contributed by atoms with Crippen molar-refractivity contribution in [2.24, 2.45) is 0 Å². The molecule has 13 heteroatoms. The zero-order valence-electron chi connectivity index (χ0n) is 18.2. The number of tetrazole rings is 1. The van der Waals surface area contributed by atoms with E-state index in [9.17, 15) is 19.7 Å². The molecule has 0 fully saturated rings. The third-order valence-corrected chi connectivity index (χ3v) is 5.21. The fourth-order valence-electron chi connectivity index (χ4n) is 3.61. The average Bonchev–Trinajstić information content (AvgIpc) is 3.34. The molecule has 1 atom stereocenters. The number of nitro groups is 1. The number of hydrogen-bond donors (Lipinski definition) is 1. The highest BCUT2D eigenvalue weighted by Crippen LogP contribution is 2.39. The standard InChI is InChI=1S/C21H18N6O7/c1-32-14-9-6-12(10-15(14)33-2)18-16(19(28)11-4-7-13(8-5-11)27(30)31)17(20(29)34-3)22-21-23-24-25-26(18)21/h4-10,18H,1-3H3,(H,22,23,25)/t18-/m1/s1. The van der Waals surface area contributed by atoms with Crippen LogP contribution in [0.1, 0.15) is 22.0 Å². The number of hydrogen-bond acceptors (Lipinski definition) is 11. The molecule has 1 aliphatic heterocycles. The van der Waals surface area contributed by atoms with E-state index in [0.29, 0.717) is 17.1 Å². The second-order valence-electron chi connectivity index (χ2n) is 7.00. The fourth-order valence-corrected chi connectivity index (χ4v) is 3.61. The highest BCUT2D eigenvalue weighted by atomic mass is 16.6. The summed E-state index contributed by atoms with van der Waals surface area (Å²) >= 11 is 0. The molecular formula is C21H18N6O7. The van der Waals surface area contributed by atoms with Gasteiger partial charge in [0.05, 0.1) is 31.8 Å². The van der Waals surface area contributed by atoms with Gasteiger partial charge in [-0.15, -0.1) is 0 Å². The molecular weight excluding hydrogens is 448 g/mol. The molecule has 0 radical (unpaired) electrons. The third-order valence-electron chi connectivity index (χ3n) is 5.21. The van der Waals surface area contributed by atoms with Crippen molar-refractivity contribution in [3.8, 4) is 11.5 Å². The van der Waals surface area contributed by atoms with E-state index in [0.717, 1.165) is 0 Å². The van der Waals surface area contributed by atoms with Crippen molar-refractivity contribution < 1.29 is 28.7 Å². The first kappa shape index (κ1) is 22.4. The number of nitrogens with one attached hydrogen (secondary N) is 1. The van der Waals surface area contributed by atoms with E-state index in [2.05, 4.69) is 20.8 Å². The number of carbonyl (C=O) groups is 2. The van der Waals surface area contributed by atoms with Crippen LogP contribution >= 0.6 is 0 Å². The summed E-state index contributed by atoms with van der Waals surface area (Å²) in [5.41, 5.74) is 0.269. The SMILES string of the molecule is COC(=O)C1=C(C(=O)c2ccc([N+](=O)[O-])cc2)[C@@H](c2ccc(OC)c(OC)c2)n2nnnc2N1. The molecule has 0 unspecified atom stereocenters. The van der Waals surface area contributed by atoms with Gasteiger partial charge in [0.2, 0.25) is 5.95 Å². The molecule has 0 amide bonds. The van der Waals surface area contributed by atoms with E-state index in [1.165, 1.54) is 50.3 Å². The van der Waals surface area contributed by atoms with E-state index < -0.39 is 22.7 Å². The quantitative estimate of drug-likeness (QED) is 0.234. The van der Waals surface area contributed by atoms with Gasteiger partial charge in [-0.1, -0.05) is 11.2 Å². The number of non-ortho nitro benzene ring substituents is 1. The lowest BCUT2D eigenvalue weighted by molar-refractivity contribution is -0.384. The van der Waals surface area contributed by atoms with Crippen LogP contribution in [0.2, 0.25) is 0 Å². The lowest BCUT2D eigenvalue weighted by atomic mass is 9.89. The van der Waals surface area contributed by atoms with E-state index in [1.54, 1.807) is 18.2 Å². The normalized spacial score (nSPS) is 14.6. The van der Waals surface area contributed by atoms with Crippen LogP contribution in [0.4, 0.5) is 11.6 Å². The van der Waals surface area contributed by atoms with Crippen LogP contribution in [-0.4, -0.2) is 58.2 Å². The highest BCUT2D eigenvalue weighted by Gasteiger charge is 2.39. The summed E-state index contributed by atoms with van der Waals surface area (Å²) < 4.78 is 16.9. The Balaban J connectivity index is 1.93. The van der Waals surface area contributed by atoms with Crippen LogP contribution in [0.15, 0.2) is 53.7 Å². The molecule has 34 heavy (non-hydrogen) atoms. The number of aromatic nitrogens is 4. The average molecular weight is 466 g/mol. The molecule has 13 nitrogen and oxygen atoms in total. The first-order valence-corrected chi connectivity index (χ1v) is 9.78. The molecule has 0 aliphatic carbocycles. The number of nitro benzene ring substituents is 1. The van der Waals surface area contributed by atoms with Crippen molar-refractivity contribution in [3.05, 3.63) is 75.0 Å². The van der Waals surface area contributed by atoms with Crippen LogP contribution in [0.25, 0.3) is 0 Å². The molecule has 0 spiro atoms. The summed E-state index contributed by atoms with van der Waals surface area (Å²) in [6.45, 7) is 0. The summed E-state index contributed by atoms with van der Waals surface area (Å²) in [6.07, 6.45) is 0. The van der Waals surface area contributed by atoms with Gasteiger partial charge in [-0.2, -0.15) is 4.68 Å². The maximum atomic E-state index is 13.7. The lowest BCUT2D eigenvalue weighted by Gasteiger charge is -2.28. The number of carbonyl (C=O) groups excluding carboxylic acids is 2. The maximum Gasteiger partial charge on any atom is 0.355 e. The van der Waals surface area contributed by atoms with Gasteiger partial charge in [-0.25, -0.2) is 4.79 Å². The minimum atomic E-state index is -0.956. The van der Waals surface area contributed by atoms with Gasteiger partial charge in [-0.05, 0) is 40.3 Å². The van der Waals surface area contributed by atoms with Crippen LogP contribution in [0.3, 0.4) is 0 Å². The zero-order chi connectivity index (χ0) is 24.4. The zero-order valence-corrected chi connectivity index (χ0v) is 18.2. The van der Waals surface area contributed by atoms with Gasteiger partial charge in [0.25, 0.3) is 5.69 Å². The number of ketones is 1. The molecule has 1 N–H and O–H groups in total.